The first-order valence-corrected chi connectivity index (χ1v) is 10.4. The lowest BCUT2D eigenvalue weighted by molar-refractivity contribution is -0.119. The lowest BCUT2D eigenvalue weighted by Crippen LogP contribution is -2.28. The molecule has 1 N–H and O–H groups in total. The van der Waals surface area contributed by atoms with Crippen molar-refractivity contribution in [2.45, 2.75) is 44.4 Å². The van der Waals surface area contributed by atoms with Gasteiger partial charge in [-0.3, -0.25) is 4.79 Å². The van der Waals surface area contributed by atoms with E-state index >= 15 is 0 Å². The number of thioether (sulfide) groups is 1. The van der Waals surface area contributed by atoms with Crippen LogP contribution >= 0.6 is 11.8 Å². The molecule has 0 saturated heterocycles. The molecule has 0 bridgehead atoms. The van der Waals surface area contributed by atoms with Crippen LogP contribution in [-0.2, 0) is 23.4 Å². The largest absolute Gasteiger partial charge is 0.497 e. The van der Waals surface area contributed by atoms with Gasteiger partial charge in [0.15, 0.2) is 0 Å². The van der Waals surface area contributed by atoms with Crippen LogP contribution in [-0.4, -0.2) is 18.8 Å². The predicted molar refractivity (Wildman–Crippen MR) is 109 cm³/mol. The first-order chi connectivity index (χ1) is 12.7. The Labute approximate surface area is 160 Å². The molecule has 2 aromatic carbocycles. The van der Waals surface area contributed by atoms with Crippen LogP contribution in [0.4, 0.5) is 0 Å². The molecule has 2 aromatic rings. The number of ether oxygens (including phenoxy) is 1. The SMILES string of the molecule is COc1ccc(CSCC(=O)NC(C)c2ccc3c(c2)CCCC3)cc1. The summed E-state index contributed by atoms with van der Waals surface area (Å²) in [6.45, 7) is 2.07. The van der Waals surface area contributed by atoms with Crippen LogP contribution in [0.5, 0.6) is 5.75 Å². The highest BCUT2D eigenvalue weighted by Crippen LogP contribution is 2.25. The lowest BCUT2D eigenvalue weighted by Gasteiger charge is -2.20. The summed E-state index contributed by atoms with van der Waals surface area (Å²) in [5.41, 5.74) is 5.35. The summed E-state index contributed by atoms with van der Waals surface area (Å²) < 4.78 is 5.16. The van der Waals surface area contributed by atoms with Crippen LogP contribution in [0.25, 0.3) is 0 Å². The number of aryl methyl sites for hydroxylation is 2. The first kappa shape index (κ1) is 18.8. The maximum Gasteiger partial charge on any atom is 0.230 e. The van der Waals surface area contributed by atoms with Crippen molar-refractivity contribution in [2.75, 3.05) is 12.9 Å². The molecule has 1 aliphatic rings. The second kappa shape index (κ2) is 9.13. The van der Waals surface area contributed by atoms with Gasteiger partial charge >= 0.3 is 0 Å². The first-order valence-electron chi connectivity index (χ1n) is 9.27. The van der Waals surface area contributed by atoms with E-state index in [0.29, 0.717) is 5.75 Å². The zero-order valence-corrected chi connectivity index (χ0v) is 16.4. The van der Waals surface area contributed by atoms with Crippen LogP contribution in [0.3, 0.4) is 0 Å². The van der Waals surface area contributed by atoms with Crippen LogP contribution in [0.1, 0.15) is 48.1 Å². The van der Waals surface area contributed by atoms with E-state index in [1.54, 1.807) is 18.9 Å². The predicted octanol–water partition coefficient (Wildman–Crippen LogP) is 4.68. The van der Waals surface area contributed by atoms with Crippen LogP contribution in [0.15, 0.2) is 42.5 Å². The van der Waals surface area contributed by atoms with Gasteiger partial charge in [-0.1, -0.05) is 30.3 Å². The minimum atomic E-state index is 0.0521. The molecule has 138 valence electrons. The van der Waals surface area contributed by atoms with Crippen molar-refractivity contribution < 1.29 is 9.53 Å². The van der Waals surface area contributed by atoms with Gasteiger partial charge < -0.3 is 10.1 Å². The maximum atomic E-state index is 12.3. The number of methoxy groups -OCH3 is 1. The number of carbonyl (C=O) groups is 1. The van der Waals surface area contributed by atoms with Crippen molar-refractivity contribution in [2.24, 2.45) is 0 Å². The van der Waals surface area contributed by atoms with Crippen LogP contribution in [0.2, 0.25) is 0 Å². The molecular weight excluding hydrogens is 342 g/mol. The average Bonchev–Trinajstić information content (AvgIpc) is 2.68. The van der Waals surface area contributed by atoms with Crippen LogP contribution < -0.4 is 10.1 Å². The smallest absolute Gasteiger partial charge is 0.230 e. The molecule has 26 heavy (non-hydrogen) atoms. The average molecular weight is 370 g/mol. The quantitative estimate of drug-likeness (QED) is 0.770. The number of nitrogens with one attached hydrogen (secondary N) is 1. The fourth-order valence-electron chi connectivity index (χ4n) is 3.37. The van der Waals surface area contributed by atoms with E-state index in [2.05, 4.69) is 30.4 Å². The number of rotatable bonds is 7. The Hall–Kier alpha value is -1.94. The molecule has 0 aliphatic heterocycles. The molecule has 3 rings (SSSR count). The Morgan fingerprint density at radius 1 is 1.12 bits per heavy atom. The second-order valence-electron chi connectivity index (χ2n) is 6.87. The fraction of sp³-hybridized carbons (Fsp3) is 0.409. The lowest BCUT2D eigenvalue weighted by atomic mass is 9.89. The molecule has 0 aromatic heterocycles. The Morgan fingerprint density at radius 3 is 2.58 bits per heavy atom. The number of amides is 1. The van der Waals surface area contributed by atoms with Gasteiger partial charge in [0.1, 0.15) is 5.75 Å². The summed E-state index contributed by atoms with van der Waals surface area (Å²) in [6, 6.07) is 14.7. The molecule has 0 radical (unpaired) electrons. The third kappa shape index (κ3) is 5.04. The van der Waals surface area contributed by atoms with Crippen molar-refractivity contribution in [3.63, 3.8) is 0 Å². The number of fused-ring (bicyclic) bond motifs is 1. The topological polar surface area (TPSA) is 38.3 Å². The highest BCUT2D eigenvalue weighted by molar-refractivity contribution is 7.99. The molecule has 3 nitrogen and oxygen atoms in total. The summed E-state index contributed by atoms with van der Waals surface area (Å²) in [4.78, 5) is 12.3. The summed E-state index contributed by atoms with van der Waals surface area (Å²) in [7, 11) is 1.66. The summed E-state index contributed by atoms with van der Waals surface area (Å²) in [5, 5.41) is 3.13. The molecule has 0 saturated carbocycles. The van der Waals surface area contributed by atoms with Gasteiger partial charge in [0, 0.05) is 5.75 Å². The van der Waals surface area contributed by atoms with Crippen molar-refractivity contribution in [1.82, 2.24) is 5.32 Å². The Morgan fingerprint density at radius 2 is 1.85 bits per heavy atom. The normalized spacial score (nSPS) is 14.4. The van der Waals surface area contributed by atoms with Gasteiger partial charge in [-0.25, -0.2) is 0 Å². The van der Waals surface area contributed by atoms with Gasteiger partial charge in [0.05, 0.1) is 18.9 Å². The zero-order chi connectivity index (χ0) is 18.4. The Bertz CT molecular complexity index is 742. The van der Waals surface area contributed by atoms with Gasteiger partial charge in [-0.15, -0.1) is 11.8 Å². The molecule has 0 spiro atoms. The van der Waals surface area contributed by atoms with Crippen molar-refractivity contribution >= 4 is 17.7 Å². The van der Waals surface area contributed by atoms with E-state index in [1.807, 2.05) is 24.3 Å². The van der Waals surface area contributed by atoms with Crippen LogP contribution in [0, 0.1) is 0 Å². The van der Waals surface area contributed by atoms with Gasteiger partial charge in [-0.2, -0.15) is 0 Å². The van der Waals surface area contributed by atoms with Crippen molar-refractivity contribution in [1.29, 1.82) is 0 Å². The number of hydrogen-bond acceptors (Lipinski definition) is 3. The molecule has 1 aliphatic carbocycles. The highest BCUT2D eigenvalue weighted by Gasteiger charge is 2.14. The number of carbonyl (C=O) groups excluding carboxylic acids is 1. The maximum absolute atomic E-state index is 12.3. The summed E-state index contributed by atoms with van der Waals surface area (Å²) in [6.07, 6.45) is 4.93. The van der Waals surface area contributed by atoms with Crippen molar-refractivity contribution in [3.8, 4) is 5.75 Å². The Kier molecular flexibility index (Phi) is 6.62. The zero-order valence-electron chi connectivity index (χ0n) is 15.6. The fourth-order valence-corrected chi connectivity index (χ4v) is 4.17. The summed E-state index contributed by atoms with van der Waals surface area (Å²) in [5.74, 6) is 2.25. The molecule has 1 atom stereocenters. The Balaban J connectivity index is 1.46. The minimum Gasteiger partial charge on any atom is -0.497 e. The van der Waals surface area contributed by atoms with E-state index in [0.717, 1.165) is 11.5 Å². The van der Waals surface area contributed by atoms with Gasteiger partial charge in [0.25, 0.3) is 0 Å². The number of benzene rings is 2. The second-order valence-corrected chi connectivity index (χ2v) is 7.85. The van der Waals surface area contributed by atoms with Gasteiger partial charge in [0.2, 0.25) is 5.91 Å². The molecule has 4 heteroatoms. The summed E-state index contributed by atoms with van der Waals surface area (Å²) >= 11 is 1.64. The molecule has 1 unspecified atom stereocenters. The highest BCUT2D eigenvalue weighted by atomic mass is 32.2. The standard InChI is InChI=1S/C22H27NO2S/c1-16(19-10-9-18-5-3-4-6-20(18)13-19)23-22(24)15-26-14-17-7-11-21(25-2)12-8-17/h7-13,16H,3-6,14-15H2,1-2H3,(H,23,24). The molecule has 0 heterocycles. The third-order valence-electron chi connectivity index (χ3n) is 4.91. The monoisotopic (exact) mass is 369 g/mol. The molecular formula is C22H27NO2S. The molecule has 0 fully saturated rings. The van der Waals surface area contributed by atoms with E-state index in [9.17, 15) is 4.79 Å². The van der Waals surface area contributed by atoms with Crippen molar-refractivity contribution in [3.05, 3.63) is 64.7 Å². The third-order valence-corrected chi connectivity index (χ3v) is 5.91. The van der Waals surface area contributed by atoms with E-state index < -0.39 is 0 Å². The number of hydrogen-bond donors (Lipinski definition) is 1. The molecule has 1 amide bonds. The van der Waals surface area contributed by atoms with Gasteiger partial charge in [-0.05, 0) is 67.0 Å². The minimum absolute atomic E-state index is 0.0521. The van der Waals surface area contributed by atoms with E-state index in [1.165, 1.54) is 47.9 Å². The van der Waals surface area contributed by atoms with E-state index in [-0.39, 0.29) is 11.9 Å². The van der Waals surface area contributed by atoms with E-state index in [4.69, 9.17) is 4.74 Å².